The monoisotopic (exact) mass is 179 g/mol. The van der Waals surface area contributed by atoms with E-state index in [0.29, 0.717) is 0 Å². The Kier molecular flexibility index (Phi) is 2.64. The van der Waals surface area contributed by atoms with E-state index in [-0.39, 0.29) is 0 Å². The Morgan fingerprint density at radius 1 is 1.62 bits per heavy atom. The average Bonchev–Trinajstić information content (AvgIpc) is 2.61. The van der Waals surface area contributed by atoms with Gasteiger partial charge in [0.1, 0.15) is 5.82 Å². The summed E-state index contributed by atoms with van der Waals surface area (Å²) in [5, 5.41) is 0. The molecular weight excluding hydrogens is 162 g/mol. The maximum absolute atomic E-state index is 4.25. The molecule has 1 unspecified atom stereocenters. The van der Waals surface area contributed by atoms with Crippen molar-refractivity contribution in [3.63, 3.8) is 0 Å². The van der Waals surface area contributed by atoms with Crippen LogP contribution in [0.25, 0.3) is 0 Å². The van der Waals surface area contributed by atoms with Gasteiger partial charge in [0.15, 0.2) is 0 Å². The number of rotatable bonds is 2. The van der Waals surface area contributed by atoms with Crippen LogP contribution in [0.3, 0.4) is 0 Å². The zero-order chi connectivity index (χ0) is 9.10. The summed E-state index contributed by atoms with van der Waals surface area (Å²) in [6.07, 6.45) is 7.77. The third-order valence-corrected chi connectivity index (χ3v) is 2.85. The first kappa shape index (κ1) is 8.75. The first-order valence-electron chi connectivity index (χ1n) is 5.08. The molecule has 1 aliphatic heterocycles. The van der Waals surface area contributed by atoms with Crippen LogP contribution in [0, 0.1) is 0 Å². The lowest BCUT2D eigenvalue weighted by molar-refractivity contribution is 0.149. The maximum Gasteiger partial charge on any atom is 0.120 e. The van der Waals surface area contributed by atoms with Gasteiger partial charge in [0.2, 0.25) is 0 Å². The fourth-order valence-corrected chi connectivity index (χ4v) is 1.97. The lowest BCUT2D eigenvalue weighted by atomic mass is 10.0. The van der Waals surface area contributed by atoms with Gasteiger partial charge in [-0.25, -0.2) is 4.98 Å². The van der Waals surface area contributed by atoms with Gasteiger partial charge < -0.3 is 4.98 Å². The molecule has 0 bridgehead atoms. The second-order valence-corrected chi connectivity index (χ2v) is 3.85. The molecule has 3 nitrogen and oxygen atoms in total. The van der Waals surface area contributed by atoms with Crippen molar-refractivity contribution in [1.29, 1.82) is 0 Å². The standard InChI is InChI=1S/C10H17N3/c1-9-4-2-3-7-13(9)8-10-11-5-6-12-10/h5-6,9H,2-4,7-8H2,1H3,(H,11,12). The van der Waals surface area contributed by atoms with Crippen LogP contribution in [0.1, 0.15) is 32.0 Å². The molecule has 1 aromatic heterocycles. The van der Waals surface area contributed by atoms with Crippen molar-refractivity contribution >= 4 is 0 Å². The molecule has 2 rings (SSSR count). The summed E-state index contributed by atoms with van der Waals surface area (Å²) < 4.78 is 0. The highest BCUT2D eigenvalue weighted by Crippen LogP contribution is 2.17. The van der Waals surface area contributed by atoms with Crippen molar-refractivity contribution in [3.8, 4) is 0 Å². The molecule has 2 heterocycles. The molecule has 0 radical (unpaired) electrons. The van der Waals surface area contributed by atoms with Crippen molar-refractivity contribution < 1.29 is 0 Å². The summed E-state index contributed by atoms with van der Waals surface area (Å²) in [4.78, 5) is 9.90. The predicted octanol–water partition coefficient (Wildman–Crippen LogP) is 1.78. The fraction of sp³-hybridized carbons (Fsp3) is 0.700. The minimum Gasteiger partial charge on any atom is -0.348 e. The Hall–Kier alpha value is -0.830. The summed E-state index contributed by atoms with van der Waals surface area (Å²) >= 11 is 0. The minimum atomic E-state index is 0.721. The third-order valence-electron chi connectivity index (χ3n) is 2.85. The zero-order valence-electron chi connectivity index (χ0n) is 8.16. The molecule has 1 N–H and O–H groups in total. The topological polar surface area (TPSA) is 31.9 Å². The molecule has 3 heteroatoms. The Morgan fingerprint density at radius 2 is 2.54 bits per heavy atom. The number of aromatic nitrogens is 2. The van der Waals surface area contributed by atoms with Crippen LogP contribution in [0.15, 0.2) is 12.4 Å². The fourth-order valence-electron chi connectivity index (χ4n) is 1.97. The smallest absolute Gasteiger partial charge is 0.120 e. The van der Waals surface area contributed by atoms with E-state index in [1.807, 2.05) is 12.4 Å². The molecule has 13 heavy (non-hydrogen) atoms. The summed E-state index contributed by atoms with van der Waals surface area (Å²) in [7, 11) is 0. The molecule has 1 aliphatic rings. The highest BCUT2D eigenvalue weighted by atomic mass is 15.2. The van der Waals surface area contributed by atoms with Crippen LogP contribution in [-0.4, -0.2) is 27.5 Å². The van der Waals surface area contributed by atoms with Gasteiger partial charge in [-0.3, -0.25) is 4.90 Å². The quantitative estimate of drug-likeness (QED) is 0.750. The van der Waals surface area contributed by atoms with E-state index in [2.05, 4.69) is 21.8 Å². The van der Waals surface area contributed by atoms with E-state index in [0.717, 1.165) is 18.4 Å². The number of nitrogens with zero attached hydrogens (tertiary/aromatic N) is 2. The predicted molar refractivity (Wildman–Crippen MR) is 52.3 cm³/mol. The number of imidazole rings is 1. The highest BCUT2D eigenvalue weighted by Gasteiger charge is 2.18. The Balaban J connectivity index is 1.93. The summed E-state index contributed by atoms with van der Waals surface area (Å²) in [6.45, 7) is 4.51. The van der Waals surface area contributed by atoms with Crippen LogP contribution >= 0.6 is 0 Å². The maximum atomic E-state index is 4.25. The molecule has 0 saturated carbocycles. The summed E-state index contributed by atoms with van der Waals surface area (Å²) in [5.41, 5.74) is 0. The number of aromatic amines is 1. The number of nitrogens with one attached hydrogen (secondary N) is 1. The highest BCUT2D eigenvalue weighted by molar-refractivity contribution is 4.88. The van der Waals surface area contributed by atoms with Crippen molar-refractivity contribution in [1.82, 2.24) is 14.9 Å². The number of likely N-dealkylation sites (tertiary alicyclic amines) is 1. The van der Waals surface area contributed by atoms with Crippen molar-refractivity contribution in [2.45, 2.75) is 38.8 Å². The SMILES string of the molecule is CC1CCCCN1Cc1ncc[nH]1. The van der Waals surface area contributed by atoms with E-state index < -0.39 is 0 Å². The second-order valence-electron chi connectivity index (χ2n) is 3.85. The van der Waals surface area contributed by atoms with E-state index >= 15 is 0 Å². The molecule has 0 aliphatic carbocycles. The van der Waals surface area contributed by atoms with E-state index in [9.17, 15) is 0 Å². The van der Waals surface area contributed by atoms with Gasteiger partial charge in [0, 0.05) is 18.4 Å². The normalized spacial score (nSPS) is 24.8. The first-order valence-corrected chi connectivity index (χ1v) is 5.08. The molecule has 1 saturated heterocycles. The number of hydrogen-bond donors (Lipinski definition) is 1. The molecule has 0 aromatic carbocycles. The van der Waals surface area contributed by atoms with Gasteiger partial charge >= 0.3 is 0 Å². The van der Waals surface area contributed by atoms with Gasteiger partial charge in [-0.15, -0.1) is 0 Å². The van der Waals surface area contributed by atoms with E-state index in [1.165, 1.54) is 25.8 Å². The van der Waals surface area contributed by atoms with Crippen LogP contribution in [-0.2, 0) is 6.54 Å². The van der Waals surface area contributed by atoms with Gasteiger partial charge in [0.05, 0.1) is 6.54 Å². The van der Waals surface area contributed by atoms with Crippen molar-refractivity contribution in [2.75, 3.05) is 6.54 Å². The van der Waals surface area contributed by atoms with Crippen LogP contribution in [0.4, 0.5) is 0 Å². The Labute approximate surface area is 79.2 Å². The third kappa shape index (κ3) is 2.10. The molecular formula is C10H17N3. The molecule has 1 aromatic rings. The van der Waals surface area contributed by atoms with Gasteiger partial charge in [-0.05, 0) is 26.3 Å². The first-order chi connectivity index (χ1) is 6.36. The van der Waals surface area contributed by atoms with E-state index in [4.69, 9.17) is 0 Å². The van der Waals surface area contributed by atoms with E-state index in [1.54, 1.807) is 0 Å². The van der Waals surface area contributed by atoms with Crippen molar-refractivity contribution in [3.05, 3.63) is 18.2 Å². The lowest BCUT2D eigenvalue weighted by Gasteiger charge is -2.32. The van der Waals surface area contributed by atoms with Crippen LogP contribution < -0.4 is 0 Å². The lowest BCUT2D eigenvalue weighted by Crippen LogP contribution is -2.37. The summed E-state index contributed by atoms with van der Waals surface area (Å²) in [5.74, 6) is 1.09. The molecule has 0 amide bonds. The zero-order valence-corrected chi connectivity index (χ0v) is 8.16. The van der Waals surface area contributed by atoms with Gasteiger partial charge in [-0.2, -0.15) is 0 Å². The average molecular weight is 179 g/mol. The minimum absolute atomic E-state index is 0.721. The molecule has 1 atom stereocenters. The molecule has 1 fully saturated rings. The number of H-pyrrole nitrogens is 1. The molecule has 72 valence electrons. The largest absolute Gasteiger partial charge is 0.348 e. The summed E-state index contributed by atoms with van der Waals surface area (Å²) in [6, 6.07) is 0.721. The number of piperidine rings is 1. The van der Waals surface area contributed by atoms with Crippen LogP contribution in [0.5, 0.6) is 0 Å². The van der Waals surface area contributed by atoms with Gasteiger partial charge in [0.25, 0.3) is 0 Å². The van der Waals surface area contributed by atoms with Crippen LogP contribution in [0.2, 0.25) is 0 Å². The Bertz CT molecular complexity index is 243. The molecule has 0 spiro atoms. The van der Waals surface area contributed by atoms with Crippen molar-refractivity contribution in [2.24, 2.45) is 0 Å². The number of hydrogen-bond acceptors (Lipinski definition) is 2. The Morgan fingerprint density at radius 3 is 3.23 bits per heavy atom. The van der Waals surface area contributed by atoms with Gasteiger partial charge in [-0.1, -0.05) is 6.42 Å². The second kappa shape index (κ2) is 3.92.